The molecule has 0 atom stereocenters. The normalized spacial score (nSPS) is 20.5. The van der Waals surface area contributed by atoms with Crippen LogP contribution in [0.4, 0.5) is 4.79 Å². The summed E-state index contributed by atoms with van der Waals surface area (Å²) in [7, 11) is 0. The largest absolute Gasteiger partial charge is 0.450 e. The van der Waals surface area contributed by atoms with Gasteiger partial charge in [0.15, 0.2) is 5.96 Å². The molecule has 8 heteroatoms. The van der Waals surface area contributed by atoms with Crippen LogP contribution >= 0.6 is 24.0 Å². The van der Waals surface area contributed by atoms with E-state index in [1.54, 1.807) is 4.90 Å². The molecule has 0 radical (unpaired) electrons. The van der Waals surface area contributed by atoms with E-state index in [9.17, 15) is 9.90 Å². The van der Waals surface area contributed by atoms with E-state index in [4.69, 9.17) is 4.74 Å². The van der Waals surface area contributed by atoms with Crippen LogP contribution in [-0.4, -0.2) is 78.4 Å². The summed E-state index contributed by atoms with van der Waals surface area (Å²) in [6.07, 6.45) is 3.61. The Morgan fingerprint density at radius 2 is 1.75 bits per heavy atom. The highest BCUT2D eigenvalue weighted by Gasteiger charge is 2.31. The number of halogens is 1. The van der Waals surface area contributed by atoms with E-state index in [0.717, 1.165) is 51.3 Å². The molecule has 2 fully saturated rings. The molecule has 0 bridgehead atoms. The summed E-state index contributed by atoms with van der Waals surface area (Å²) in [5, 5.41) is 13.8. The van der Waals surface area contributed by atoms with Gasteiger partial charge in [0.2, 0.25) is 0 Å². The van der Waals surface area contributed by atoms with Crippen molar-refractivity contribution >= 4 is 36.0 Å². The smallest absolute Gasteiger partial charge is 0.409 e. The van der Waals surface area contributed by atoms with Gasteiger partial charge in [-0.15, -0.1) is 24.0 Å². The van der Waals surface area contributed by atoms with Crippen molar-refractivity contribution in [3.05, 3.63) is 0 Å². The molecule has 0 unspecified atom stereocenters. The second-order valence-electron chi connectivity index (χ2n) is 6.27. The zero-order chi connectivity index (χ0) is 16.7. The first kappa shape index (κ1) is 21.3. The molecule has 140 valence electrons. The average molecular weight is 454 g/mol. The van der Waals surface area contributed by atoms with Gasteiger partial charge in [-0.2, -0.15) is 0 Å². The van der Waals surface area contributed by atoms with Crippen molar-refractivity contribution in [3.63, 3.8) is 0 Å². The van der Waals surface area contributed by atoms with Gasteiger partial charge >= 0.3 is 6.09 Å². The van der Waals surface area contributed by atoms with Crippen molar-refractivity contribution in [1.29, 1.82) is 0 Å². The molecular weight excluding hydrogens is 423 g/mol. The Bertz CT molecular complexity index is 420. The van der Waals surface area contributed by atoms with Crippen LogP contribution < -0.4 is 5.32 Å². The SMILES string of the molecule is CCNC(=NCC1(O)CCCC1)N1CCN(C(=O)OCC)CC1.I. The number of ether oxygens (including phenoxy) is 1. The molecule has 0 aromatic rings. The molecule has 0 spiro atoms. The van der Waals surface area contributed by atoms with Gasteiger partial charge in [-0.1, -0.05) is 12.8 Å². The van der Waals surface area contributed by atoms with Gasteiger partial charge in [-0.05, 0) is 26.7 Å². The molecule has 1 saturated carbocycles. The Morgan fingerprint density at radius 1 is 1.17 bits per heavy atom. The molecule has 1 aliphatic heterocycles. The highest BCUT2D eigenvalue weighted by atomic mass is 127. The van der Waals surface area contributed by atoms with Crippen LogP contribution in [0.25, 0.3) is 0 Å². The Balaban J connectivity index is 0.00000288. The monoisotopic (exact) mass is 454 g/mol. The maximum absolute atomic E-state index is 11.7. The van der Waals surface area contributed by atoms with Crippen molar-refractivity contribution in [2.75, 3.05) is 45.9 Å². The number of guanidine groups is 1. The Hall–Kier alpha value is -0.770. The van der Waals surface area contributed by atoms with Crippen LogP contribution in [-0.2, 0) is 4.74 Å². The van der Waals surface area contributed by atoms with Crippen LogP contribution in [0.3, 0.4) is 0 Å². The number of piperazine rings is 1. The molecule has 24 heavy (non-hydrogen) atoms. The molecular formula is C16H31IN4O3. The lowest BCUT2D eigenvalue weighted by molar-refractivity contribution is 0.0569. The predicted molar refractivity (Wildman–Crippen MR) is 105 cm³/mol. The van der Waals surface area contributed by atoms with E-state index in [2.05, 4.69) is 15.2 Å². The fourth-order valence-corrected chi connectivity index (χ4v) is 3.15. The van der Waals surface area contributed by atoms with Crippen LogP contribution in [0.2, 0.25) is 0 Å². The minimum Gasteiger partial charge on any atom is -0.450 e. The van der Waals surface area contributed by atoms with Gasteiger partial charge in [0.1, 0.15) is 0 Å². The maximum atomic E-state index is 11.7. The Kier molecular flexibility index (Phi) is 9.11. The molecule has 0 aromatic heterocycles. The van der Waals surface area contributed by atoms with Gasteiger partial charge in [0, 0.05) is 32.7 Å². The van der Waals surface area contributed by atoms with Crippen LogP contribution in [0, 0.1) is 0 Å². The molecule has 0 aromatic carbocycles. The first-order valence-corrected chi connectivity index (χ1v) is 8.75. The van der Waals surface area contributed by atoms with Crippen LogP contribution in [0.5, 0.6) is 0 Å². The average Bonchev–Trinajstić information content (AvgIpc) is 2.99. The lowest BCUT2D eigenvalue weighted by Gasteiger charge is -2.36. The predicted octanol–water partition coefficient (Wildman–Crippen LogP) is 1.65. The second kappa shape index (κ2) is 10.3. The number of aliphatic imine (C=N–C) groups is 1. The van der Waals surface area contributed by atoms with E-state index in [0.29, 0.717) is 26.2 Å². The van der Waals surface area contributed by atoms with Crippen molar-refractivity contribution in [1.82, 2.24) is 15.1 Å². The van der Waals surface area contributed by atoms with Gasteiger partial charge in [0.25, 0.3) is 0 Å². The first-order chi connectivity index (χ1) is 11.1. The van der Waals surface area contributed by atoms with Crippen LogP contribution in [0.1, 0.15) is 39.5 Å². The van der Waals surface area contributed by atoms with Gasteiger partial charge in [-0.25, -0.2) is 4.79 Å². The fraction of sp³-hybridized carbons (Fsp3) is 0.875. The summed E-state index contributed by atoms with van der Waals surface area (Å²) in [6, 6.07) is 0. The van der Waals surface area contributed by atoms with E-state index >= 15 is 0 Å². The molecule has 1 amide bonds. The van der Waals surface area contributed by atoms with E-state index in [-0.39, 0.29) is 30.1 Å². The molecule has 1 saturated heterocycles. The van der Waals surface area contributed by atoms with Crippen molar-refractivity contribution in [2.45, 2.75) is 45.1 Å². The van der Waals surface area contributed by atoms with E-state index in [1.165, 1.54) is 0 Å². The summed E-state index contributed by atoms with van der Waals surface area (Å²) in [5.41, 5.74) is -0.632. The van der Waals surface area contributed by atoms with E-state index < -0.39 is 5.60 Å². The number of hydrogen-bond donors (Lipinski definition) is 2. The first-order valence-electron chi connectivity index (χ1n) is 8.75. The molecule has 7 nitrogen and oxygen atoms in total. The second-order valence-corrected chi connectivity index (χ2v) is 6.27. The number of nitrogens with zero attached hydrogens (tertiary/aromatic N) is 3. The van der Waals surface area contributed by atoms with Crippen molar-refractivity contribution in [2.24, 2.45) is 4.99 Å². The summed E-state index contributed by atoms with van der Waals surface area (Å²) >= 11 is 0. The molecule has 2 aliphatic rings. The highest BCUT2D eigenvalue weighted by Crippen LogP contribution is 2.29. The number of rotatable bonds is 4. The molecule has 2 N–H and O–H groups in total. The van der Waals surface area contributed by atoms with E-state index in [1.807, 2.05) is 13.8 Å². The quantitative estimate of drug-likeness (QED) is 0.384. The summed E-state index contributed by atoms with van der Waals surface area (Å²) in [5.74, 6) is 0.830. The highest BCUT2D eigenvalue weighted by molar-refractivity contribution is 14.0. The molecule has 1 heterocycles. The van der Waals surface area contributed by atoms with Gasteiger partial charge in [0.05, 0.1) is 18.8 Å². The number of carbonyl (C=O) groups is 1. The summed E-state index contributed by atoms with van der Waals surface area (Å²) in [4.78, 5) is 20.3. The summed E-state index contributed by atoms with van der Waals surface area (Å²) < 4.78 is 5.04. The number of carbonyl (C=O) groups excluding carboxylic acids is 1. The Morgan fingerprint density at radius 3 is 2.29 bits per heavy atom. The van der Waals surface area contributed by atoms with Gasteiger partial charge in [-0.3, -0.25) is 4.99 Å². The zero-order valence-electron chi connectivity index (χ0n) is 14.8. The van der Waals surface area contributed by atoms with Gasteiger partial charge < -0.3 is 25.0 Å². The minimum atomic E-state index is -0.632. The standard InChI is InChI=1S/C16H30N4O3.HI/c1-3-17-14(18-13-16(22)7-5-6-8-16)19-9-11-20(12-10-19)15(21)23-4-2;/h22H,3-13H2,1-2H3,(H,17,18);1H. The number of hydrogen-bond acceptors (Lipinski definition) is 4. The third-order valence-corrected chi connectivity index (χ3v) is 4.50. The number of nitrogens with one attached hydrogen (secondary N) is 1. The summed E-state index contributed by atoms with van der Waals surface area (Å²) in [6.45, 7) is 8.21. The molecule has 2 rings (SSSR count). The molecule has 1 aliphatic carbocycles. The number of aliphatic hydroxyl groups is 1. The fourth-order valence-electron chi connectivity index (χ4n) is 3.15. The third kappa shape index (κ3) is 5.94. The Labute approximate surface area is 161 Å². The van der Waals surface area contributed by atoms with Crippen LogP contribution in [0.15, 0.2) is 4.99 Å². The van der Waals surface area contributed by atoms with Crippen molar-refractivity contribution in [3.8, 4) is 0 Å². The maximum Gasteiger partial charge on any atom is 0.409 e. The lowest BCUT2D eigenvalue weighted by Crippen LogP contribution is -2.54. The lowest BCUT2D eigenvalue weighted by atomic mass is 10.0. The number of amides is 1. The third-order valence-electron chi connectivity index (χ3n) is 4.50. The minimum absolute atomic E-state index is 0. The zero-order valence-corrected chi connectivity index (χ0v) is 17.1. The van der Waals surface area contributed by atoms with Crippen molar-refractivity contribution < 1.29 is 14.6 Å². The topological polar surface area (TPSA) is 77.4 Å².